The molecule has 3 saturated heterocycles. The summed E-state index contributed by atoms with van der Waals surface area (Å²) in [6.07, 6.45) is 5.83. The molecule has 0 aliphatic carbocycles. The van der Waals surface area contributed by atoms with Gasteiger partial charge in [0, 0.05) is 33.9 Å². The molecule has 3 fully saturated rings. The average Bonchev–Trinajstić information content (AvgIpc) is 3.20. The Kier molecular flexibility index (Phi) is 12.2. The maximum atomic E-state index is 15.3. The van der Waals surface area contributed by atoms with E-state index in [2.05, 4.69) is 0 Å². The van der Waals surface area contributed by atoms with Crippen LogP contribution in [0.2, 0.25) is 0 Å². The first-order valence-corrected chi connectivity index (χ1v) is 21.0. The highest BCUT2D eigenvalue weighted by molar-refractivity contribution is 8.33. The molecule has 4 aromatic rings. The van der Waals surface area contributed by atoms with Crippen LogP contribution in [0.25, 0.3) is 0 Å². The number of ether oxygens (including phenoxy) is 6. The Balaban J connectivity index is 1.36. The molecule has 3 unspecified atom stereocenters. The minimum absolute atomic E-state index is 0.172. The zero-order valence-electron chi connectivity index (χ0n) is 29.5. The van der Waals surface area contributed by atoms with E-state index in [-0.39, 0.29) is 14.7 Å². The second-order valence-electron chi connectivity index (χ2n) is 13.1. The van der Waals surface area contributed by atoms with Gasteiger partial charge in [-0.05, 0) is 122 Å². The quantitative estimate of drug-likeness (QED) is 0.0787. The summed E-state index contributed by atoms with van der Waals surface area (Å²) in [6, 6.07) is 18.4. The third kappa shape index (κ3) is 8.59. The van der Waals surface area contributed by atoms with Crippen molar-refractivity contribution >= 4 is 20.4 Å². The third-order valence-corrected chi connectivity index (χ3v) is 14.5. The summed E-state index contributed by atoms with van der Waals surface area (Å²) in [5.41, 5.74) is 0. The molecule has 4 aromatic carbocycles. The fraction of sp³-hybridized carbons (Fsp3) is 0.385. The molecule has 3 aliphatic rings. The van der Waals surface area contributed by atoms with Gasteiger partial charge in [0.05, 0.1) is 19.8 Å². The van der Waals surface area contributed by atoms with Crippen molar-refractivity contribution in [1.29, 1.82) is 0 Å². The Morgan fingerprint density at radius 1 is 0.455 bits per heavy atom. The van der Waals surface area contributed by atoms with Crippen LogP contribution in [-0.2, 0) is 28.0 Å². The van der Waals surface area contributed by atoms with E-state index in [9.17, 15) is 21.6 Å². The van der Waals surface area contributed by atoms with E-state index >= 15 is 8.78 Å². The van der Waals surface area contributed by atoms with Crippen molar-refractivity contribution in [1.82, 2.24) is 0 Å². The van der Waals surface area contributed by atoms with Crippen molar-refractivity contribution in [2.24, 2.45) is 0 Å². The van der Waals surface area contributed by atoms with Crippen molar-refractivity contribution < 1.29 is 62.4 Å². The van der Waals surface area contributed by atoms with Crippen LogP contribution in [0, 0.1) is 29.1 Å². The monoisotopic (exact) mass is 810 g/mol. The minimum Gasteiger partial charge on any atom is -0.465 e. The molecular weight excluding hydrogens is 772 g/mol. The average molecular weight is 811 g/mol. The van der Waals surface area contributed by atoms with Gasteiger partial charge in [0.2, 0.25) is 5.82 Å². The van der Waals surface area contributed by atoms with Gasteiger partial charge in [0.15, 0.2) is 47.0 Å². The lowest BCUT2D eigenvalue weighted by Gasteiger charge is -2.39. The SMILES string of the molecule is O=S(=O)(OS(c1ccc(OC2CCCCO2)cc1)(c1ccc(OC2CCCCO2)cc1)c1ccc(OC2CCCCO2)cc1)c1c(F)c(F)c(F)c(F)c1F. The molecule has 0 radical (unpaired) electrons. The molecule has 0 spiro atoms. The molecule has 0 aromatic heterocycles. The molecule has 0 amide bonds. The fourth-order valence-corrected chi connectivity index (χ4v) is 11.8. The molecular formula is C39H39F5O9S2. The number of halogens is 5. The Bertz CT molecular complexity index is 1850. The second kappa shape index (κ2) is 17.1. The molecule has 55 heavy (non-hydrogen) atoms. The predicted octanol–water partition coefficient (Wildman–Crippen LogP) is 9.70. The summed E-state index contributed by atoms with van der Waals surface area (Å²) in [5.74, 6) is -11.4. The zero-order valence-corrected chi connectivity index (χ0v) is 31.2. The standard InChI is InChI=1S/C39H39F5O9S2/c40-34-35(41)37(43)39(38(44)36(34)42)55(45,46)53-54(28-16-10-25(11-17-28)50-31-7-1-4-22-47-31,29-18-12-26(13-19-29)51-32-8-2-5-23-48-32)30-20-14-27(15-21-30)52-33-9-3-6-24-49-33/h10-21,31-33H,1-9,22-24H2. The zero-order chi connectivity index (χ0) is 38.6. The Morgan fingerprint density at radius 2 is 0.764 bits per heavy atom. The van der Waals surface area contributed by atoms with Crippen molar-refractivity contribution in [3.05, 3.63) is 102 Å². The number of rotatable bonds is 12. The fourth-order valence-electron chi connectivity index (χ4n) is 6.50. The first-order valence-electron chi connectivity index (χ1n) is 18.0. The van der Waals surface area contributed by atoms with Gasteiger partial charge in [0.25, 0.3) is 0 Å². The molecule has 3 heterocycles. The molecule has 0 N–H and O–H groups in total. The van der Waals surface area contributed by atoms with Gasteiger partial charge in [-0.3, -0.25) is 0 Å². The number of benzene rings is 4. The van der Waals surface area contributed by atoms with Gasteiger partial charge in [0.1, 0.15) is 17.2 Å². The lowest BCUT2D eigenvalue weighted by Crippen LogP contribution is -2.25. The van der Waals surface area contributed by atoms with Crippen LogP contribution in [0.3, 0.4) is 0 Å². The highest BCUT2D eigenvalue weighted by Gasteiger charge is 2.43. The number of hydrogen-bond donors (Lipinski definition) is 0. The van der Waals surface area contributed by atoms with E-state index in [1.165, 1.54) is 36.4 Å². The van der Waals surface area contributed by atoms with E-state index in [1.807, 2.05) is 0 Å². The minimum atomic E-state index is -5.80. The summed E-state index contributed by atoms with van der Waals surface area (Å²) in [6.45, 7) is 1.58. The van der Waals surface area contributed by atoms with Crippen molar-refractivity contribution in [3.63, 3.8) is 0 Å². The van der Waals surface area contributed by atoms with Crippen molar-refractivity contribution in [2.45, 2.75) is 96.2 Å². The van der Waals surface area contributed by atoms with Gasteiger partial charge >= 0.3 is 10.1 Å². The maximum Gasteiger partial charge on any atom is 0.313 e. The van der Waals surface area contributed by atoms with Crippen LogP contribution < -0.4 is 14.2 Å². The lowest BCUT2D eigenvalue weighted by molar-refractivity contribution is -0.106. The van der Waals surface area contributed by atoms with Gasteiger partial charge in [-0.15, -0.1) is 0 Å². The van der Waals surface area contributed by atoms with Crippen LogP contribution in [0.1, 0.15) is 57.8 Å². The Morgan fingerprint density at radius 3 is 1.05 bits per heavy atom. The van der Waals surface area contributed by atoms with Crippen LogP contribution in [0.4, 0.5) is 22.0 Å². The third-order valence-electron chi connectivity index (χ3n) is 9.29. The molecule has 16 heteroatoms. The summed E-state index contributed by atoms with van der Waals surface area (Å²) in [7, 11) is -9.47. The summed E-state index contributed by atoms with van der Waals surface area (Å²) >= 11 is 0. The van der Waals surface area contributed by atoms with Crippen LogP contribution in [0.15, 0.2) is 92.4 Å². The Hall–Kier alpha value is -3.93. The van der Waals surface area contributed by atoms with E-state index in [1.54, 1.807) is 36.4 Å². The molecule has 9 nitrogen and oxygen atoms in total. The maximum absolute atomic E-state index is 15.3. The molecule has 3 aliphatic heterocycles. The molecule has 0 bridgehead atoms. The lowest BCUT2D eigenvalue weighted by atomic mass is 10.2. The number of hydrogen-bond acceptors (Lipinski definition) is 9. The van der Waals surface area contributed by atoms with E-state index in [0.29, 0.717) is 56.3 Å². The van der Waals surface area contributed by atoms with E-state index < -0.39 is 73.3 Å². The second-order valence-corrected chi connectivity index (χ2v) is 17.5. The highest BCUT2D eigenvalue weighted by atomic mass is 32.3. The summed E-state index contributed by atoms with van der Waals surface area (Å²) < 4.78 is 143. The van der Waals surface area contributed by atoms with Gasteiger partial charge < -0.3 is 28.4 Å². The highest BCUT2D eigenvalue weighted by Crippen LogP contribution is 2.71. The van der Waals surface area contributed by atoms with Crippen LogP contribution >= 0.6 is 10.3 Å². The van der Waals surface area contributed by atoms with Crippen molar-refractivity contribution in [2.75, 3.05) is 19.8 Å². The summed E-state index contributed by atoms with van der Waals surface area (Å²) in [4.78, 5) is -1.61. The van der Waals surface area contributed by atoms with E-state index in [4.69, 9.17) is 32.1 Å². The van der Waals surface area contributed by atoms with Gasteiger partial charge in [-0.25, -0.2) is 25.6 Å². The smallest absolute Gasteiger partial charge is 0.313 e. The van der Waals surface area contributed by atoms with E-state index in [0.717, 1.165) is 38.5 Å². The Labute approximate surface area is 317 Å². The molecule has 296 valence electrons. The normalized spacial score (nSPS) is 22.3. The van der Waals surface area contributed by atoms with Gasteiger partial charge in [-0.2, -0.15) is 8.42 Å². The topological polar surface area (TPSA) is 98.8 Å². The largest absolute Gasteiger partial charge is 0.465 e. The molecule has 3 atom stereocenters. The first kappa shape index (κ1) is 39.3. The van der Waals surface area contributed by atoms with Crippen LogP contribution in [0.5, 0.6) is 17.2 Å². The van der Waals surface area contributed by atoms with Gasteiger partial charge in [-0.1, -0.05) is 0 Å². The van der Waals surface area contributed by atoms with Crippen molar-refractivity contribution in [3.8, 4) is 17.2 Å². The first-order chi connectivity index (χ1) is 26.5. The molecule has 0 saturated carbocycles. The van der Waals surface area contributed by atoms with Crippen LogP contribution in [-0.4, -0.2) is 47.1 Å². The molecule has 7 rings (SSSR count). The predicted molar refractivity (Wildman–Crippen MR) is 189 cm³/mol. The summed E-state index contributed by atoms with van der Waals surface area (Å²) in [5, 5.41) is 0.